The molecule has 0 fully saturated rings. The number of hydrogen-bond donors (Lipinski definition) is 3. The van der Waals surface area contributed by atoms with Crippen LogP contribution in [0, 0.1) is 5.82 Å². The predicted molar refractivity (Wildman–Crippen MR) is 113 cm³/mol. The van der Waals surface area contributed by atoms with Gasteiger partial charge in [-0.15, -0.1) is 12.4 Å². The quantitative estimate of drug-likeness (QED) is 0.586. The number of ether oxygens (including phenoxy) is 1. The number of nitrogens with zero attached hydrogens (tertiary/aromatic N) is 2. The molecule has 4 N–H and O–H groups in total. The third-order valence-electron chi connectivity index (χ3n) is 4.20. The van der Waals surface area contributed by atoms with Crippen LogP contribution in [0.25, 0.3) is 5.57 Å². The highest BCUT2D eigenvalue weighted by Crippen LogP contribution is 2.29. The molecule has 1 aromatic carbocycles. The smallest absolute Gasteiger partial charge is 0.304 e. The summed E-state index contributed by atoms with van der Waals surface area (Å²) in [6, 6.07) is 7.16. The van der Waals surface area contributed by atoms with Gasteiger partial charge in [-0.25, -0.2) is 9.37 Å². The highest BCUT2D eigenvalue weighted by atomic mass is 35.5. The molecule has 7 nitrogen and oxygen atoms in total. The van der Waals surface area contributed by atoms with Crippen molar-refractivity contribution < 1.29 is 24.1 Å². The fourth-order valence-corrected chi connectivity index (χ4v) is 3.02. The van der Waals surface area contributed by atoms with Gasteiger partial charge in [0, 0.05) is 30.6 Å². The van der Waals surface area contributed by atoms with Crippen molar-refractivity contribution in [3.8, 4) is 11.6 Å². The lowest BCUT2D eigenvalue weighted by atomic mass is 10.0. The lowest BCUT2D eigenvalue weighted by Gasteiger charge is -2.32. The third-order valence-corrected chi connectivity index (χ3v) is 4.41. The van der Waals surface area contributed by atoms with Gasteiger partial charge in [0.2, 0.25) is 0 Å². The molecule has 0 aliphatic carbocycles. The number of carboxylic acid groups (broad SMARTS) is 1. The van der Waals surface area contributed by atoms with Crippen molar-refractivity contribution in [3.05, 3.63) is 71.3 Å². The summed E-state index contributed by atoms with van der Waals surface area (Å²) in [4.78, 5) is 16.2. The number of benzene rings is 1. The molecule has 2 atom stereocenters. The van der Waals surface area contributed by atoms with Gasteiger partial charge in [0.05, 0.1) is 11.4 Å². The Kier molecular flexibility index (Phi) is 8.19. The number of aromatic nitrogens is 1. The summed E-state index contributed by atoms with van der Waals surface area (Å²) in [5.74, 6) is -1.50. The number of allylic oxidation sites excluding steroid dienone is 2. The molecule has 2 aromatic rings. The minimum atomic E-state index is -0.994. The number of pyridine rings is 1. The maximum absolute atomic E-state index is 13.8. The van der Waals surface area contributed by atoms with E-state index in [1.165, 1.54) is 6.20 Å². The molecule has 0 spiro atoms. The van der Waals surface area contributed by atoms with Gasteiger partial charge in [0.15, 0.2) is 12.0 Å². The zero-order valence-electron chi connectivity index (χ0n) is 15.6. The van der Waals surface area contributed by atoms with Crippen LogP contribution in [-0.4, -0.2) is 44.9 Å². The number of rotatable bonds is 7. The summed E-state index contributed by atoms with van der Waals surface area (Å²) < 4.78 is 19.2. The first kappa shape index (κ1) is 23.6. The van der Waals surface area contributed by atoms with E-state index < -0.39 is 24.1 Å². The Morgan fingerprint density at radius 1 is 1.37 bits per heavy atom. The Morgan fingerprint density at radius 2 is 2.07 bits per heavy atom. The number of hydrogen-bond acceptors (Lipinski definition) is 6. The number of aliphatic carboxylic acids is 1. The molecule has 1 aliphatic rings. The van der Waals surface area contributed by atoms with Gasteiger partial charge in [-0.1, -0.05) is 29.8 Å². The first-order chi connectivity index (χ1) is 13.8. The second-order valence-corrected chi connectivity index (χ2v) is 6.90. The lowest BCUT2D eigenvalue weighted by Crippen LogP contribution is -2.42. The Bertz CT molecular complexity index is 954. The van der Waals surface area contributed by atoms with Gasteiger partial charge in [-0.3, -0.25) is 4.79 Å². The van der Waals surface area contributed by atoms with Crippen LogP contribution in [0.5, 0.6) is 11.6 Å². The normalized spacial score (nSPS) is 16.5. The van der Waals surface area contributed by atoms with Gasteiger partial charge < -0.3 is 25.6 Å². The molecular formula is C20H20Cl2FN3O4. The van der Waals surface area contributed by atoms with E-state index in [-0.39, 0.29) is 36.3 Å². The van der Waals surface area contributed by atoms with E-state index in [9.17, 15) is 14.3 Å². The standard InChI is InChI=1S/C20H19ClFN3O4.ClH/c21-13-8-17(22)19(24-10-13)29-15-5-3-12(4-6-15)16-2-1-7-25(20(16)28)11-14(23)9-18(26)27;/h1-8,10,14,20,28H,9,11,23H2,(H,26,27);1H. The number of nitrogens with two attached hydrogens (primary N) is 1. The van der Waals surface area contributed by atoms with Gasteiger partial charge >= 0.3 is 5.97 Å². The van der Waals surface area contributed by atoms with E-state index in [4.69, 9.17) is 27.2 Å². The molecule has 2 heterocycles. The summed E-state index contributed by atoms with van der Waals surface area (Å²) in [5, 5.41) is 19.6. The van der Waals surface area contributed by atoms with Crippen molar-refractivity contribution in [2.75, 3.05) is 6.54 Å². The van der Waals surface area contributed by atoms with Crippen LogP contribution in [0.2, 0.25) is 5.02 Å². The molecular weight excluding hydrogens is 436 g/mol. The highest BCUT2D eigenvalue weighted by Gasteiger charge is 2.23. The Labute approximate surface area is 183 Å². The van der Waals surface area contributed by atoms with E-state index in [1.807, 2.05) is 0 Å². The SMILES string of the molecule is Cl.NC(CC(=O)O)CN1C=CC=C(c2ccc(Oc3ncc(Cl)cc3F)cc2)C1O. The molecule has 0 saturated heterocycles. The number of carbonyl (C=O) groups is 1. The average molecular weight is 456 g/mol. The fourth-order valence-electron chi connectivity index (χ4n) is 2.87. The largest absolute Gasteiger partial charge is 0.481 e. The molecule has 2 unspecified atom stereocenters. The maximum atomic E-state index is 13.8. The summed E-state index contributed by atoms with van der Waals surface area (Å²) in [6.45, 7) is 0.185. The van der Waals surface area contributed by atoms with Crippen molar-refractivity contribution in [2.45, 2.75) is 18.7 Å². The second-order valence-electron chi connectivity index (χ2n) is 6.46. The average Bonchev–Trinajstić information content (AvgIpc) is 2.66. The number of halogens is 3. The molecule has 10 heteroatoms. The van der Waals surface area contributed by atoms with E-state index in [1.54, 1.807) is 47.5 Å². The van der Waals surface area contributed by atoms with E-state index in [2.05, 4.69) is 4.98 Å². The van der Waals surface area contributed by atoms with Crippen LogP contribution in [-0.2, 0) is 4.79 Å². The van der Waals surface area contributed by atoms with Crippen LogP contribution >= 0.6 is 24.0 Å². The van der Waals surface area contributed by atoms with Crippen molar-refractivity contribution >= 4 is 35.6 Å². The summed E-state index contributed by atoms with van der Waals surface area (Å²) in [7, 11) is 0. The van der Waals surface area contributed by atoms with Crippen LogP contribution < -0.4 is 10.5 Å². The molecule has 30 heavy (non-hydrogen) atoms. The van der Waals surface area contributed by atoms with Gasteiger partial charge in [0.25, 0.3) is 5.88 Å². The highest BCUT2D eigenvalue weighted by molar-refractivity contribution is 6.30. The Balaban J connectivity index is 0.00000320. The maximum Gasteiger partial charge on any atom is 0.304 e. The first-order valence-electron chi connectivity index (χ1n) is 8.72. The zero-order chi connectivity index (χ0) is 21.0. The van der Waals surface area contributed by atoms with Crippen LogP contribution in [0.1, 0.15) is 12.0 Å². The molecule has 0 bridgehead atoms. The van der Waals surface area contributed by atoms with Crippen molar-refractivity contribution in [2.24, 2.45) is 5.73 Å². The first-order valence-corrected chi connectivity index (χ1v) is 9.10. The third kappa shape index (κ3) is 5.93. The fraction of sp³-hybridized carbons (Fsp3) is 0.200. The van der Waals surface area contributed by atoms with Crippen molar-refractivity contribution in [3.63, 3.8) is 0 Å². The van der Waals surface area contributed by atoms with Crippen LogP contribution in [0.4, 0.5) is 4.39 Å². The monoisotopic (exact) mass is 455 g/mol. The Morgan fingerprint density at radius 3 is 2.70 bits per heavy atom. The molecule has 0 radical (unpaired) electrons. The van der Waals surface area contributed by atoms with Gasteiger partial charge in [-0.05, 0) is 29.8 Å². The van der Waals surface area contributed by atoms with Gasteiger partial charge in [0.1, 0.15) is 5.75 Å². The predicted octanol–water partition coefficient (Wildman–Crippen LogP) is 3.42. The Hall–Kier alpha value is -2.65. The second kappa shape index (κ2) is 10.4. The zero-order valence-corrected chi connectivity index (χ0v) is 17.2. The summed E-state index contributed by atoms with van der Waals surface area (Å²) in [6.07, 6.45) is 5.25. The van der Waals surface area contributed by atoms with Crippen molar-refractivity contribution in [1.29, 1.82) is 0 Å². The summed E-state index contributed by atoms with van der Waals surface area (Å²) >= 11 is 5.67. The van der Waals surface area contributed by atoms with Crippen molar-refractivity contribution in [1.82, 2.24) is 9.88 Å². The number of aliphatic hydroxyl groups excluding tert-OH is 1. The molecule has 1 aromatic heterocycles. The molecule has 1 aliphatic heterocycles. The summed E-state index contributed by atoms with van der Waals surface area (Å²) in [5.41, 5.74) is 7.14. The van der Waals surface area contributed by atoms with E-state index in [0.29, 0.717) is 11.3 Å². The molecule has 0 amide bonds. The topological polar surface area (TPSA) is 109 Å². The van der Waals surface area contributed by atoms with Gasteiger partial charge in [-0.2, -0.15) is 0 Å². The number of aliphatic hydroxyl groups is 1. The van der Waals surface area contributed by atoms with Crippen LogP contribution in [0.3, 0.4) is 0 Å². The molecule has 160 valence electrons. The lowest BCUT2D eigenvalue weighted by molar-refractivity contribution is -0.137. The number of carboxylic acids is 1. The molecule has 0 saturated carbocycles. The van der Waals surface area contributed by atoms with Crippen LogP contribution in [0.15, 0.2) is 54.9 Å². The molecule has 3 rings (SSSR count). The van der Waals surface area contributed by atoms with E-state index in [0.717, 1.165) is 11.6 Å². The van der Waals surface area contributed by atoms with E-state index >= 15 is 0 Å². The minimum Gasteiger partial charge on any atom is -0.481 e. The minimum absolute atomic E-state index is 0.